The second-order valence-electron chi connectivity index (χ2n) is 3.85. The molecule has 0 saturated heterocycles. The van der Waals surface area contributed by atoms with Gasteiger partial charge in [0.1, 0.15) is 11.3 Å². The van der Waals surface area contributed by atoms with Gasteiger partial charge in [0.05, 0.1) is 4.92 Å². The van der Waals surface area contributed by atoms with Crippen LogP contribution in [0.4, 0.5) is 11.4 Å². The van der Waals surface area contributed by atoms with Gasteiger partial charge in [0.2, 0.25) is 0 Å². The van der Waals surface area contributed by atoms with Gasteiger partial charge < -0.3 is 10.7 Å². The van der Waals surface area contributed by atoms with E-state index in [0.717, 1.165) is 12.8 Å². The van der Waals surface area contributed by atoms with Crippen LogP contribution < -0.4 is 16.6 Å². The number of nitrogen functional groups attached to an aromatic ring is 1. The number of para-hydroxylation sites is 1. The van der Waals surface area contributed by atoms with E-state index in [2.05, 4.69) is 10.7 Å². The largest absolute Gasteiger partial charge is 0.349 e. The number of amides is 1. The molecule has 4 N–H and O–H groups in total. The number of nitro benzene ring substituents is 1. The second-order valence-corrected chi connectivity index (χ2v) is 3.85. The van der Waals surface area contributed by atoms with Crippen molar-refractivity contribution in [3.63, 3.8) is 0 Å². The number of nitrogens with one attached hydrogen (secondary N) is 2. The molecule has 7 nitrogen and oxygen atoms in total. The number of anilines is 1. The summed E-state index contributed by atoms with van der Waals surface area (Å²) in [7, 11) is 0. The minimum absolute atomic E-state index is 0.0253. The van der Waals surface area contributed by atoms with Gasteiger partial charge in [0.15, 0.2) is 0 Å². The van der Waals surface area contributed by atoms with Gasteiger partial charge in [0.25, 0.3) is 5.91 Å². The third-order valence-electron chi connectivity index (χ3n) is 2.53. The van der Waals surface area contributed by atoms with Crippen LogP contribution in [0, 0.1) is 10.1 Å². The fraction of sp³-hybridized carbons (Fsp3) is 0.300. The summed E-state index contributed by atoms with van der Waals surface area (Å²) in [5.41, 5.74) is 2.07. The number of hydrogen-bond donors (Lipinski definition) is 3. The molecule has 1 aromatic rings. The number of nitrogens with two attached hydrogens (primary N) is 1. The highest BCUT2D eigenvalue weighted by molar-refractivity contribution is 6.00. The topological polar surface area (TPSA) is 110 Å². The van der Waals surface area contributed by atoms with Gasteiger partial charge in [-0.2, -0.15) is 0 Å². The summed E-state index contributed by atoms with van der Waals surface area (Å²) >= 11 is 0. The molecular formula is C10H12N4O3. The first-order chi connectivity index (χ1) is 8.13. The zero-order valence-corrected chi connectivity index (χ0v) is 8.97. The second kappa shape index (κ2) is 4.38. The SMILES string of the molecule is NNc1cccc(C(=O)NC2CC2)c1[N+](=O)[O-]. The van der Waals surface area contributed by atoms with Gasteiger partial charge in [-0.15, -0.1) is 0 Å². The number of carbonyl (C=O) groups excluding carboxylic acids is 1. The average molecular weight is 236 g/mol. The lowest BCUT2D eigenvalue weighted by molar-refractivity contribution is -0.384. The number of rotatable bonds is 4. The number of benzene rings is 1. The molecular weight excluding hydrogens is 224 g/mol. The van der Waals surface area contributed by atoms with Gasteiger partial charge in [0, 0.05) is 6.04 Å². The van der Waals surface area contributed by atoms with Crippen LogP contribution in [0.2, 0.25) is 0 Å². The van der Waals surface area contributed by atoms with Gasteiger partial charge >= 0.3 is 5.69 Å². The summed E-state index contributed by atoms with van der Waals surface area (Å²) < 4.78 is 0. The van der Waals surface area contributed by atoms with E-state index in [1.807, 2.05) is 0 Å². The first kappa shape index (κ1) is 11.3. The molecule has 0 aliphatic heterocycles. The van der Waals surface area contributed by atoms with Crippen molar-refractivity contribution in [3.8, 4) is 0 Å². The third kappa shape index (κ3) is 2.34. The summed E-state index contributed by atoms with van der Waals surface area (Å²) in [6.45, 7) is 0. The van der Waals surface area contributed by atoms with Crippen LogP contribution in [0.15, 0.2) is 18.2 Å². The molecule has 0 heterocycles. The van der Waals surface area contributed by atoms with Crippen LogP contribution in [0.1, 0.15) is 23.2 Å². The molecule has 0 spiro atoms. The third-order valence-corrected chi connectivity index (χ3v) is 2.53. The minimum Gasteiger partial charge on any atom is -0.349 e. The standard InChI is InChI=1S/C10H12N4O3/c11-13-8-3-1-2-7(9(8)14(16)17)10(15)12-6-4-5-6/h1-3,6,13H,4-5,11H2,(H,12,15). The first-order valence-corrected chi connectivity index (χ1v) is 5.18. The van der Waals surface area contributed by atoms with Crippen LogP contribution in [0.3, 0.4) is 0 Å². The van der Waals surface area contributed by atoms with E-state index >= 15 is 0 Å². The fourth-order valence-electron chi connectivity index (χ4n) is 1.53. The highest BCUT2D eigenvalue weighted by Crippen LogP contribution is 2.28. The highest BCUT2D eigenvalue weighted by atomic mass is 16.6. The maximum atomic E-state index is 11.8. The maximum absolute atomic E-state index is 11.8. The Morgan fingerprint density at radius 1 is 1.47 bits per heavy atom. The Labute approximate surface area is 97.1 Å². The fourth-order valence-corrected chi connectivity index (χ4v) is 1.53. The molecule has 90 valence electrons. The molecule has 0 bridgehead atoms. The normalized spacial score (nSPS) is 14.2. The van der Waals surface area contributed by atoms with Gasteiger partial charge in [-0.3, -0.25) is 20.8 Å². The molecule has 1 fully saturated rings. The van der Waals surface area contributed by atoms with Gasteiger partial charge in [-0.1, -0.05) is 6.07 Å². The lowest BCUT2D eigenvalue weighted by Gasteiger charge is -2.07. The van der Waals surface area contributed by atoms with Crippen molar-refractivity contribution in [2.75, 3.05) is 5.43 Å². The molecule has 17 heavy (non-hydrogen) atoms. The van der Waals surface area contributed by atoms with Crippen molar-refractivity contribution in [3.05, 3.63) is 33.9 Å². The smallest absolute Gasteiger partial charge is 0.306 e. The molecule has 0 atom stereocenters. The molecule has 2 rings (SSSR count). The van der Waals surface area contributed by atoms with E-state index in [1.165, 1.54) is 12.1 Å². The molecule has 0 aromatic heterocycles. The van der Waals surface area contributed by atoms with Crippen molar-refractivity contribution < 1.29 is 9.72 Å². The predicted octanol–water partition coefficient (Wildman–Crippen LogP) is 0.773. The number of nitro groups is 1. The van der Waals surface area contributed by atoms with E-state index < -0.39 is 10.8 Å². The minimum atomic E-state index is -0.614. The summed E-state index contributed by atoms with van der Waals surface area (Å²) in [5.74, 6) is 4.75. The summed E-state index contributed by atoms with van der Waals surface area (Å²) in [6, 6.07) is 4.56. The van der Waals surface area contributed by atoms with Crippen molar-refractivity contribution >= 4 is 17.3 Å². The van der Waals surface area contributed by atoms with E-state index in [0.29, 0.717) is 0 Å². The van der Waals surface area contributed by atoms with E-state index in [1.54, 1.807) is 6.07 Å². The number of nitrogens with zero attached hydrogens (tertiary/aromatic N) is 1. The zero-order chi connectivity index (χ0) is 12.4. The maximum Gasteiger partial charge on any atom is 0.306 e. The predicted molar refractivity (Wildman–Crippen MR) is 61.4 cm³/mol. The van der Waals surface area contributed by atoms with Crippen LogP contribution in [0.5, 0.6) is 0 Å². The highest BCUT2D eigenvalue weighted by Gasteiger charge is 2.29. The molecule has 7 heteroatoms. The van der Waals surface area contributed by atoms with Crippen molar-refractivity contribution in [1.29, 1.82) is 0 Å². The monoisotopic (exact) mass is 236 g/mol. The molecule has 1 aromatic carbocycles. The molecule has 1 amide bonds. The first-order valence-electron chi connectivity index (χ1n) is 5.18. The van der Waals surface area contributed by atoms with Gasteiger partial charge in [-0.25, -0.2) is 0 Å². The Bertz CT molecular complexity index is 471. The number of hydrogen-bond acceptors (Lipinski definition) is 5. The van der Waals surface area contributed by atoms with Crippen LogP contribution in [0.25, 0.3) is 0 Å². The summed E-state index contributed by atoms with van der Waals surface area (Å²) in [4.78, 5) is 22.1. The molecule has 0 radical (unpaired) electrons. The van der Waals surface area contributed by atoms with Crippen molar-refractivity contribution in [2.45, 2.75) is 18.9 Å². The molecule has 0 unspecified atom stereocenters. The molecule has 1 aliphatic rings. The van der Waals surface area contributed by atoms with E-state index in [-0.39, 0.29) is 23.0 Å². The van der Waals surface area contributed by atoms with Crippen LogP contribution in [-0.2, 0) is 0 Å². The number of hydrazine groups is 1. The Kier molecular flexibility index (Phi) is 2.92. The zero-order valence-electron chi connectivity index (χ0n) is 8.97. The lowest BCUT2D eigenvalue weighted by Crippen LogP contribution is -2.26. The molecule has 1 aliphatic carbocycles. The average Bonchev–Trinajstić information content (AvgIpc) is 3.11. The quantitative estimate of drug-likeness (QED) is 0.406. The molecule has 1 saturated carbocycles. The van der Waals surface area contributed by atoms with Crippen molar-refractivity contribution in [2.24, 2.45) is 5.84 Å². The number of carbonyl (C=O) groups is 1. The van der Waals surface area contributed by atoms with E-state index in [9.17, 15) is 14.9 Å². The van der Waals surface area contributed by atoms with Gasteiger partial charge in [-0.05, 0) is 25.0 Å². The lowest BCUT2D eigenvalue weighted by atomic mass is 10.1. The summed E-state index contributed by atoms with van der Waals surface area (Å²) in [6.07, 6.45) is 1.85. The summed E-state index contributed by atoms with van der Waals surface area (Å²) in [5, 5.41) is 13.6. The Morgan fingerprint density at radius 2 is 2.18 bits per heavy atom. The van der Waals surface area contributed by atoms with Crippen LogP contribution in [-0.4, -0.2) is 16.9 Å². The van der Waals surface area contributed by atoms with Crippen molar-refractivity contribution in [1.82, 2.24) is 5.32 Å². The van der Waals surface area contributed by atoms with Crippen LogP contribution >= 0.6 is 0 Å². The Balaban J connectivity index is 2.36. The Morgan fingerprint density at radius 3 is 2.71 bits per heavy atom. The van der Waals surface area contributed by atoms with E-state index in [4.69, 9.17) is 5.84 Å². The Hall–Kier alpha value is -2.15.